The zero-order valence-corrected chi connectivity index (χ0v) is 12.7. The molecule has 2 rings (SSSR count). The van der Waals surface area contributed by atoms with E-state index < -0.39 is 0 Å². The van der Waals surface area contributed by atoms with Gasteiger partial charge in [-0.15, -0.1) is 0 Å². The van der Waals surface area contributed by atoms with E-state index in [0.29, 0.717) is 5.69 Å². The standard InChI is InChI=1S/C15H19N3O3/c1-10(15(20)21-4)9-17(2)14(19)13-11-7-5-6-8-12(11)18(3)16-13/h5-8,10H,9H2,1-4H3. The molecule has 2 aromatic rings. The number of carbonyl (C=O) groups excluding carboxylic acids is 2. The van der Waals surface area contributed by atoms with E-state index in [-0.39, 0.29) is 24.3 Å². The van der Waals surface area contributed by atoms with Gasteiger partial charge in [-0.05, 0) is 6.07 Å². The molecule has 0 spiro atoms. The Kier molecular flexibility index (Phi) is 4.26. The van der Waals surface area contributed by atoms with E-state index in [0.717, 1.165) is 10.9 Å². The lowest BCUT2D eigenvalue weighted by Gasteiger charge is -2.19. The molecule has 21 heavy (non-hydrogen) atoms. The highest BCUT2D eigenvalue weighted by molar-refractivity contribution is 6.04. The van der Waals surface area contributed by atoms with Crippen molar-refractivity contribution in [2.75, 3.05) is 20.7 Å². The Labute approximate surface area is 123 Å². The smallest absolute Gasteiger partial charge is 0.310 e. The third-order valence-corrected chi connectivity index (χ3v) is 3.46. The summed E-state index contributed by atoms with van der Waals surface area (Å²) in [5.74, 6) is -0.915. The van der Waals surface area contributed by atoms with Crippen molar-refractivity contribution in [2.24, 2.45) is 13.0 Å². The number of aromatic nitrogens is 2. The number of aryl methyl sites for hydroxylation is 1. The summed E-state index contributed by atoms with van der Waals surface area (Å²) in [5.41, 5.74) is 1.29. The minimum absolute atomic E-state index is 0.206. The predicted molar refractivity (Wildman–Crippen MR) is 78.9 cm³/mol. The van der Waals surface area contributed by atoms with Crippen LogP contribution in [0.5, 0.6) is 0 Å². The normalized spacial score (nSPS) is 12.2. The van der Waals surface area contributed by atoms with Crippen molar-refractivity contribution in [3.8, 4) is 0 Å². The zero-order chi connectivity index (χ0) is 15.6. The summed E-state index contributed by atoms with van der Waals surface area (Å²) in [4.78, 5) is 25.5. The van der Waals surface area contributed by atoms with E-state index in [2.05, 4.69) is 9.84 Å². The molecule has 0 bridgehead atoms. The molecule has 0 saturated heterocycles. The summed E-state index contributed by atoms with van der Waals surface area (Å²) >= 11 is 0. The van der Waals surface area contributed by atoms with Crippen LogP contribution >= 0.6 is 0 Å². The molecule has 6 nitrogen and oxygen atoms in total. The lowest BCUT2D eigenvalue weighted by atomic mass is 10.1. The lowest BCUT2D eigenvalue weighted by Crippen LogP contribution is -2.34. The molecule has 1 atom stereocenters. The minimum atomic E-state index is -0.376. The van der Waals surface area contributed by atoms with Gasteiger partial charge in [0.05, 0.1) is 18.5 Å². The fourth-order valence-corrected chi connectivity index (χ4v) is 2.32. The maximum atomic E-state index is 12.5. The first-order chi connectivity index (χ1) is 9.95. The molecule has 6 heteroatoms. The third kappa shape index (κ3) is 2.89. The first kappa shape index (κ1) is 15.0. The Morgan fingerprint density at radius 3 is 2.71 bits per heavy atom. The molecule has 0 radical (unpaired) electrons. The second kappa shape index (κ2) is 5.95. The van der Waals surface area contributed by atoms with Crippen molar-refractivity contribution in [1.82, 2.24) is 14.7 Å². The van der Waals surface area contributed by atoms with Gasteiger partial charge in [-0.25, -0.2) is 0 Å². The van der Waals surface area contributed by atoms with Gasteiger partial charge in [-0.1, -0.05) is 25.1 Å². The van der Waals surface area contributed by atoms with Crippen LogP contribution in [0.2, 0.25) is 0 Å². The highest BCUT2D eigenvalue weighted by Gasteiger charge is 2.23. The first-order valence-corrected chi connectivity index (χ1v) is 6.70. The van der Waals surface area contributed by atoms with Gasteiger partial charge in [0, 0.05) is 26.0 Å². The number of nitrogens with zero attached hydrogens (tertiary/aromatic N) is 3. The number of methoxy groups -OCH3 is 1. The van der Waals surface area contributed by atoms with Crippen molar-refractivity contribution in [1.29, 1.82) is 0 Å². The molecular weight excluding hydrogens is 270 g/mol. The molecule has 112 valence electrons. The summed E-state index contributed by atoms with van der Waals surface area (Å²) < 4.78 is 6.36. The van der Waals surface area contributed by atoms with E-state index >= 15 is 0 Å². The quantitative estimate of drug-likeness (QED) is 0.799. The van der Waals surface area contributed by atoms with E-state index in [4.69, 9.17) is 0 Å². The Bertz CT molecular complexity index is 678. The molecule has 0 aliphatic rings. The van der Waals surface area contributed by atoms with Crippen LogP contribution in [0.4, 0.5) is 0 Å². The number of fused-ring (bicyclic) bond motifs is 1. The molecule has 0 N–H and O–H groups in total. The van der Waals surface area contributed by atoms with Crippen LogP contribution in [0.3, 0.4) is 0 Å². The summed E-state index contributed by atoms with van der Waals surface area (Å²) in [5, 5.41) is 5.10. The maximum Gasteiger partial charge on any atom is 0.310 e. The molecular formula is C15H19N3O3. The number of esters is 1. The number of benzene rings is 1. The Balaban J connectivity index is 2.24. The van der Waals surface area contributed by atoms with Gasteiger partial charge in [0.2, 0.25) is 0 Å². The fraction of sp³-hybridized carbons (Fsp3) is 0.400. The number of hydrogen-bond donors (Lipinski definition) is 0. The van der Waals surface area contributed by atoms with Crippen molar-refractivity contribution >= 4 is 22.8 Å². The lowest BCUT2D eigenvalue weighted by molar-refractivity contribution is -0.145. The van der Waals surface area contributed by atoms with Crippen molar-refractivity contribution < 1.29 is 14.3 Å². The van der Waals surface area contributed by atoms with Gasteiger partial charge in [-0.3, -0.25) is 14.3 Å². The van der Waals surface area contributed by atoms with Crippen LogP contribution in [0.25, 0.3) is 10.9 Å². The third-order valence-electron chi connectivity index (χ3n) is 3.46. The summed E-state index contributed by atoms with van der Waals surface area (Å²) in [6.07, 6.45) is 0. The zero-order valence-electron chi connectivity index (χ0n) is 12.7. The average molecular weight is 289 g/mol. The monoisotopic (exact) mass is 289 g/mol. The Morgan fingerprint density at radius 1 is 1.38 bits per heavy atom. The van der Waals surface area contributed by atoms with Crippen molar-refractivity contribution in [3.05, 3.63) is 30.0 Å². The van der Waals surface area contributed by atoms with Gasteiger partial charge in [0.1, 0.15) is 0 Å². The van der Waals surface area contributed by atoms with Crippen LogP contribution in [0.15, 0.2) is 24.3 Å². The number of hydrogen-bond acceptors (Lipinski definition) is 4. The number of ether oxygens (including phenoxy) is 1. The molecule has 1 aromatic carbocycles. The van der Waals surface area contributed by atoms with Gasteiger partial charge in [-0.2, -0.15) is 5.10 Å². The molecule has 1 heterocycles. The van der Waals surface area contributed by atoms with E-state index in [1.807, 2.05) is 24.3 Å². The Morgan fingerprint density at radius 2 is 2.05 bits per heavy atom. The largest absolute Gasteiger partial charge is 0.469 e. The number of para-hydroxylation sites is 1. The molecule has 0 fully saturated rings. The molecule has 1 aromatic heterocycles. The van der Waals surface area contributed by atoms with Crippen LogP contribution in [0.1, 0.15) is 17.4 Å². The second-order valence-corrected chi connectivity index (χ2v) is 5.10. The average Bonchev–Trinajstić information content (AvgIpc) is 2.83. The van der Waals surface area contributed by atoms with Crippen molar-refractivity contribution in [3.63, 3.8) is 0 Å². The van der Waals surface area contributed by atoms with Gasteiger partial charge in [0.15, 0.2) is 5.69 Å². The van der Waals surface area contributed by atoms with E-state index in [1.54, 1.807) is 25.7 Å². The molecule has 0 saturated carbocycles. The summed E-state index contributed by atoms with van der Waals surface area (Å²) in [6, 6.07) is 7.56. The van der Waals surface area contributed by atoms with Crippen LogP contribution in [0, 0.1) is 5.92 Å². The fourth-order valence-electron chi connectivity index (χ4n) is 2.32. The van der Waals surface area contributed by atoms with Crippen LogP contribution < -0.4 is 0 Å². The highest BCUT2D eigenvalue weighted by Crippen LogP contribution is 2.19. The maximum absolute atomic E-state index is 12.5. The summed E-state index contributed by atoms with van der Waals surface area (Å²) in [7, 11) is 4.80. The predicted octanol–water partition coefficient (Wildman–Crippen LogP) is 1.45. The SMILES string of the molecule is COC(=O)C(C)CN(C)C(=O)c1nn(C)c2ccccc12. The van der Waals surface area contributed by atoms with Gasteiger partial charge in [0.25, 0.3) is 5.91 Å². The van der Waals surface area contributed by atoms with Crippen LogP contribution in [-0.2, 0) is 16.6 Å². The van der Waals surface area contributed by atoms with Gasteiger partial charge >= 0.3 is 5.97 Å². The topological polar surface area (TPSA) is 64.4 Å². The number of amides is 1. The van der Waals surface area contributed by atoms with E-state index in [9.17, 15) is 9.59 Å². The number of carbonyl (C=O) groups is 2. The molecule has 1 amide bonds. The molecule has 0 aliphatic heterocycles. The highest BCUT2D eigenvalue weighted by atomic mass is 16.5. The molecule has 0 aliphatic carbocycles. The van der Waals surface area contributed by atoms with Crippen molar-refractivity contribution in [2.45, 2.75) is 6.92 Å². The minimum Gasteiger partial charge on any atom is -0.469 e. The van der Waals surface area contributed by atoms with Gasteiger partial charge < -0.3 is 9.64 Å². The Hall–Kier alpha value is -2.37. The second-order valence-electron chi connectivity index (χ2n) is 5.10. The summed E-state index contributed by atoms with van der Waals surface area (Å²) in [6.45, 7) is 2.02. The van der Waals surface area contributed by atoms with Crippen LogP contribution in [-0.4, -0.2) is 47.3 Å². The first-order valence-electron chi connectivity index (χ1n) is 6.70. The molecule has 1 unspecified atom stereocenters. The van der Waals surface area contributed by atoms with E-state index in [1.165, 1.54) is 12.0 Å². The number of rotatable bonds is 4.